The van der Waals surface area contributed by atoms with Crippen LogP contribution >= 0.6 is 0 Å². The Kier molecular flexibility index (Phi) is 5.83. The quantitative estimate of drug-likeness (QED) is 0.496. The molecule has 2 nitrogen and oxygen atoms in total. The maximum absolute atomic E-state index is 11.6. The lowest BCUT2D eigenvalue weighted by Crippen LogP contribution is -2.35. The zero-order chi connectivity index (χ0) is 11.9. The van der Waals surface area contributed by atoms with Gasteiger partial charge in [0.15, 0.2) is 0 Å². The van der Waals surface area contributed by atoms with Crippen LogP contribution in [0.3, 0.4) is 0 Å². The van der Waals surface area contributed by atoms with Gasteiger partial charge in [0, 0.05) is 0 Å². The van der Waals surface area contributed by atoms with E-state index in [1.807, 2.05) is 38.2 Å². The molecule has 0 aliphatic rings. The van der Waals surface area contributed by atoms with Gasteiger partial charge in [0.05, 0.1) is 5.41 Å². The molecule has 0 radical (unpaired) electrons. The normalized spacial score (nSPS) is 12.5. The molecule has 0 aromatic heterocycles. The fourth-order valence-electron chi connectivity index (χ4n) is 1.54. The fraction of sp³-hybridized carbons (Fsp3) is 0.538. The summed E-state index contributed by atoms with van der Waals surface area (Å²) in [6.45, 7) is 6.77. The van der Waals surface area contributed by atoms with E-state index in [-0.39, 0.29) is 11.6 Å². The first-order chi connectivity index (χ1) is 7.01. The van der Waals surface area contributed by atoms with E-state index in [9.17, 15) is 9.59 Å². The van der Waals surface area contributed by atoms with E-state index in [4.69, 9.17) is 0 Å². The van der Waals surface area contributed by atoms with Crippen LogP contribution in [-0.2, 0) is 9.59 Å². The second-order valence-electron chi connectivity index (χ2n) is 3.74. The molecule has 0 rings (SSSR count). The zero-order valence-corrected chi connectivity index (χ0v) is 10.0. The molecule has 0 bridgehead atoms. The fourth-order valence-corrected chi connectivity index (χ4v) is 1.54. The first-order valence-corrected chi connectivity index (χ1v) is 5.25. The van der Waals surface area contributed by atoms with E-state index < -0.39 is 5.41 Å². The van der Waals surface area contributed by atoms with Gasteiger partial charge in [0.1, 0.15) is 11.6 Å². The molecular formula is C13H20O2. The molecule has 0 aromatic rings. The van der Waals surface area contributed by atoms with Crippen molar-refractivity contribution in [3.63, 3.8) is 0 Å². The standard InChI is InChI=1S/C13H20O2/c1-5-7-9-13(11(3)14,12(4)15)10-8-6-2/h5-8H,9-10H2,1-4H3/b7-5+,8-6+. The number of carbonyl (C=O) groups excluding carboxylic acids is 2. The lowest BCUT2D eigenvalue weighted by molar-refractivity contribution is -0.138. The molecule has 0 spiro atoms. The first kappa shape index (κ1) is 13.8. The lowest BCUT2D eigenvalue weighted by Gasteiger charge is -2.25. The number of allylic oxidation sites excluding steroid dienone is 4. The minimum Gasteiger partial charge on any atom is -0.299 e. The Morgan fingerprint density at radius 2 is 1.27 bits per heavy atom. The molecule has 2 heteroatoms. The molecule has 0 aromatic carbocycles. The van der Waals surface area contributed by atoms with Crippen molar-refractivity contribution in [3.8, 4) is 0 Å². The smallest absolute Gasteiger partial charge is 0.143 e. The SMILES string of the molecule is C/C=C/CC(C/C=C/C)(C(C)=O)C(C)=O. The largest absolute Gasteiger partial charge is 0.299 e. The van der Waals surface area contributed by atoms with Crippen LogP contribution < -0.4 is 0 Å². The molecule has 0 atom stereocenters. The van der Waals surface area contributed by atoms with Crippen LogP contribution in [0.25, 0.3) is 0 Å². The topological polar surface area (TPSA) is 34.1 Å². The third-order valence-electron chi connectivity index (χ3n) is 2.75. The Balaban J connectivity index is 5.06. The molecule has 0 saturated heterocycles. The summed E-state index contributed by atoms with van der Waals surface area (Å²) in [6, 6.07) is 0. The maximum Gasteiger partial charge on any atom is 0.143 e. The Morgan fingerprint density at radius 1 is 0.933 bits per heavy atom. The Labute approximate surface area is 92.1 Å². The van der Waals surface area contributed by atoms with Crippen LogP contribution in [0.2, 0.25) is 0 Å². The van der Waals surface area contributed by atoms with Crippen molar-refractivity contribution < 1.29 is 9.59 Å². The molecule has 0 N–H and O–H groups in total. The van der Waals surface area contributed by atoms with Crippen LogP contribution in [0.4, 0.5) is 0 Å². The molecule has 0 heterocycles. The van der Waals surface area contributed by atoms with Crippen molar-refractivity contribution in [1.29, 1.82) is 0 Å². The Morgan fingerprint density at radius 3 is 1.47 bits per heavy atom. The van der Waals surface area contributed by atoms with Crippen molar-refractivity contribution in [2.45, 2.75) is 40.5 Å². The highest BCUT2D eigenvalue weighted by Crippen LogP contribution is 2.30. The van der Waals surface area contributed by atoms with E-state index in [2.05, 4.69) is 0 Å². The summed E-state index contributed by atoms with van der Waals surface area (Å²) in [5.74, 6) is -0.0996. The van der Waals surface area contributed by atoms with Gasteiger partial charge in [-0.3, -0.25) is 9.59 Å². The van der Waals surface area contributed by atoms with Gasteiger partial charge in [-0.1, -0.05) is 24.3 Å². The van der Waals surface area contributed by atoms with Crippen LogP contribution in [0.1, 0.15) is 40.5 Å². The number of rotatable bonds is 6. The van der Waals surface area contributed by atoms with Crippen LogP contribution in [0, 0.1) is 5.41 Å². The van der Waals surface area contributed by atoms with Crippen molar-refractivity contribution in [3.05, 3.63) is 24.3 Å². The van der Waals surface area contributed by atoms with Gasteiger partial charge in [0.2, 0.25) is 0 Å². The van der Waals surface area contributed by atoms with E-state index >= 15 is 0 Å². The third kappa shape index (κ3) is 3.46. The van der Waals surface area contributed by atoms with Crippen molar-refractivity contribution >= 4 is 11.6 Å². The predicted molar refractivity (Wildman–Crippen MR) is 62.7 cm³/mol. The average molecular weight is 208 g/mol. The van der Waals surface area contributed by atoms with Crippen molar-refractivity contribution in [2.75, 3.05) is 0 Å². The van der Waals surface area contributed by atoms with Gasteiger partial charge >= 0.3 is 0 Å². The first-order valence-electron chi connectivity index (χ1n) is 5.25. The van der Waals surface area contributed by atoms with Crippen molar-refractivity contribution in [1.82, 2.24) is 0 Å². The molecule has 15 heavy (non-hydrogen) atoms. The van der Waals surface area contributed by atoms with Gasteiger partial charge in [-0.25, -0.2) is 0 Å². The van der Waals surface area contributed by atoms with E-state index in [0.29, 0.717) is 12.8 Å². The number of ketones is 2. The highest BCUT2D eigenvalue weighted by molar-refractivity contribution is 6.05. The zero-order valence-electron chi connectivity index (χ0n) is 10.0. The summed E-state index contributed by atoms with van der Waals surface area (Å²) in [7, 11) is 0. The Bertz CT molecular complexity index is 255. The predicted octanol–water partition coefficient (Wildman–Crippen LogP) is 3.08. The summed E-state index contributed by atoms with van der Waals surface area (Å²) in [4.78, 5) is 23.3. The van der Waals surface area contributed by atoms with E-state index in [0.717, 1.165) is 0 Å². The highest BCUT2D eigenvalue weighted by Gasteiger charge is 2.37. The van der Waals surface area contributed by atoms with Gasteiger partial charge < -0.3 is 0 Å². The summed E-state index contributed by atoms with van der Waals surface area (Å²) >= 11 is 0. The van der Waals surface area contributed by atoms with E-state index in [1.165, 1.54) is 13.8 Å². The van der Waals surface area contributed by atoms with E-state index in [1.54, 1.807) is 0 Å². The van der Waals surface area contributed by atoms with Crippen LogP contribution in [-0.4, -0.2) is 11.6 Å². The molecule has 0 unspecified atom stereocenters. The third-order valence-corrected chi connectivity index (χ3v) is 2.75. The Hall–Kier alpha value is -1.18. The number of hydrogen-bond acceptors (Lipinski definition) is 2. The maximum atomic E-state index is 11.6. The number of hydrogen-bond donors (Lipinski definition) is 0. The molecule has 0 amide bonds. The minimum atomic E-state index is -0.848. The van der Waals surface area contributed by atoms with Gasteiger partial charge in [-0.05, 0) is 40.5 Å². The van der Waals surface area contributed by atoms with Crippen LogP contribution in [0.15, 0.2) is 24.3 Å². The highest BCUT2D eigenvalue weighted by atomic mass is 16.2. The second kappa shape index (κ2) is 6.33. The molecule has 84 valence electrons. The molecule has 0 aliphatic carbocycles. The summed E-state index contributed by atoms with van der Waals surface area (Å²) < 4.78 is 0. The number of Topliss-reactive ketones (excluding diaryl/α,β-unsaturated/α-hetero) is 2. The van der Waals surface area contributed by atoms with Gasteiger partial charge in [-0.2, -0.15) is 0 Å². The molecule has 0 aliphatic heterocycles. The number of carbonyl (C=O) groups is 2. The molecular weight excluding hydrogens is 188 g/mol. The van der Waals surface area contributed by atoms with Crippen molar-refractivity contribution in [2.24, 2.45) is 5.41 Å². The summed E-state index contributed by atoms with van der Waals surface area (Å²) in [5, 5.41) is 0. The summed E-state index contributed by atoms with van der Waals surface area (Å²) in [6.07, 6.45) is 8.50. The van der Waals surface area contributed by atoms with Crippen LogP contribution in [0.5, 0.6) is 0 Å². The second-order valence-corrected chi connectivity index (χ2v) is 3.74. The van der Waals surface area contributed by atoms with Gasteiger partial charge in [0.25, 0.3) is 0 Å². The van der Waals surface area contributed by atoms with Gasteiger partial charge in [-0.15, -0.1) is 0 Å². The monoisotopic (exact) mass is 208 g/mol. The summed E-state index contributed by atoms with van der Waals surface area (Å²) in [5.41, 5.74) is -0.848. The minimum absolute atomic E-state index is 0.0498. The average Bonchev–Trinajstić information content (AvgIpc) is 2.17. The molecule has 0 fully saturated rings. The lowest BCUT2D eigenvalue weighted by atomic mass is 9.74. The molecule has 0 saturated carbocycles.